The molecule has 3 nitrogen and oxygen atoms in total. The van der Waals surface area contributed by atoms with Gasteiger partial charge in [0, 0.05) is 24.0 Å². The molecule has 1 amide bonds. The van der Waals surface area contributed by atoms with Crippen LogP contribution in [0.3, 0.4) is 0 Å². The van der Waals surface area contributed by atoms with E-state index in [1.807, 2.05) is 13.0 Å². The molecule has 2 bridgehead atoms. The molecule has 0 saturated carbocycles. The van der Waals surface area contributed by atoms with Crippen molar-refractivity contribution in [3.63, 3.8) is 0 Å². The minimum Gasteiger partial charge on any atom is -0.353 e. The predicted octanol–water partition coefficient (Wildman–Crippen LogP) is 2.40. The number of carbonyl (C=O) groups excluding carboxylic acids is 1. The lowest BCUT2D eigenvalue weighted by Crippen LogP contribution is -2.49. The first-order chi connectivity index (χ1) is 10.1. The summed E-state index contributed by atoms with van der Waals surface area (Å²) in [4.78, 5) is 12.3. The van der Waals surface area contributed by atoms with Crippen LogP contribution in [0, 0.1) is 11.7 Å². The SMILES string of the molecule is CC(Cc1ccccc1F)C(=O)NC1CC2CCC(C1)N2. The molecule has 2 saturated heterocycles. The molecule has 0 aliphatic carbocycles. The van der Waals surface area contributed by atoms with Crippen LogP contribution >= 0.6 is 0 Å². The second kappa shape index (κ2) is 6.14. The fourth-order valence-corrected chi connectivity index (χ4v) is 3.61. The van der Waals surface area contributed by atoms with Crippen molar-refractivity contribution in [2.24, 2.45) is 5.92 Å². The monoisotopic (exact) mass is 290 g/mol. The van der Waals surface area contributed by atoms with Crippen LogP contribution in [-0.2, 0) is 11.2 Å². The molecule has 0 aromatic heterocycles. The summed E-state index contributed by atoms with van der Waals surface area (Å²) in [6.45, 7) is 1.87. The summed E-state index contributed by atoms with van der Waals surface area (Å²) in [6.07, 6.45) is 4.95. The molecular formula is C17H23FN2O. The Kier molecular flexibility index (Phi) is 4.24. The number of piperidine rings is 1. The smallest absolute Gasteiger partial charge is 0.223 e. The van der Waals surface area contributed by atoms with Gasteiger partial charge in [0.15, 0.2) is 0 Å². The number of hydrogen-bond donors (Lipinski definition) is 2. The van der Waals surface area contributed by atoms with Crippen molar-refractivity contribution in [3.05, 3.63) is 35.6 Å². The number of nitrogens with one attached hydrogen (secondary N) is 2. The van der Waals surface area contributed by atoms with Gasteiger partial charge in [-0.3, -0.25) is 4.79 Å². The van der Waals surface area contributed by atoms with Gasteiger partial charge in [0.25, 0.3) is 0 Å². The Morgan fingerprint density at radius 2 is 2.00 bits per heavy atom. The van der Waals surface area contributed by atoms with E-state index in [4.69, 9.17) is 0 Å². The zero-order chi connectivity index (χ0) is 14.8. The highest BCUT2D eigenvalue weighted by Gasteiger charge is 2.34. The fourth-order valence-electron chi connectivity index (χ4n) is 3.61. The molecule has 2 aliphatic rings. The molecule has 2 aliphatic heterocycles. The molecule has 0 spiro atoms. The number of halogens is 1. The highest BCUT2D eigenvalue weighted by atomic mass is 19.1. The lowest BCUT2D eigenvalue weighted by atomic mass is 9.96. The van der Waals surface area contributed by atoms with Gasteiger partial charge in [-0.2, -0.15) is 0 Å². The van der Waals surface area contributed by atoms with Crippen LogP contribution < -0.4 is 10.6 Å². The summed E-state index contributed by atoms with van der Waals surface area (Å²) in [6, 6.07) is 8.10. The minimum atomic E-state index is -0.225. The molecule has 1 aromatic rings. The van der Waals surface area contributed by atoms with Crippen molar-refractivity contribution in [2.45, 2.75) is 57.2 Å². The topological polar surface area (TPSA) is 41.1 Å². The Morgan fingerprint density at radius 1 is 1.33 bits per heavy atom. The van der Waals surface area contributed by atoms with Crippen LogP contribution in [0.4, 0.5) is 4.39 Å². The maximum absolute atomic E-state index is 13.6. The standard InChI is InChI=1S/C17H23FN2O/c1-11(8-12-4-2-3-5-16(12)18)17(21)20-15-9-13-6-7-14(10-15)19-13/h2-5,11,13-15,19H,6-10H2,1H3,(H,20,21). The third-order valence-corrected chi connectivity index (χ3v) is 4.75. The van der Waals surface area contributed by atoms with Crippen molar-refractivity contribution >= 4 is 5.91 Å². The van der Waals surface area contributed by atoms with Gasteiger partial charge >= 0.3 is 0 Å². The molecule has 2 N–H and O–H groups in total. The Hall–Kier alpha value is -1.42. The third-order valence-electron chi connectivity index (χ3n) is 4.75. The molecule has 114 valence electrons. The van der Waals surface area contributed by atoms with E-state index < -0.39 is 0 Å². The summed E-state index contributed by atoms with van der Waals surface area (Å²) in [7, 11) is 0. The summed E-state index contributed by atoms with van der Waals surface area (Å²) < 4.78 is 13.6. The van der Waals surface area contributed by atoms with Gasteiger partial charge in [0.2, 0.25) is 5.91 Å². The summed E-state index contributed by atoms with van der Waals surface area (Å²) in [5.74, 6) is -0.379. The van der Waals surface area contributed by atoms with E-state index in [1.54, 1.807) is 12.1 Å². The summed E-state index contributed by atoms with van der Waals surface area (Å²) >= 11 is 0. The molecule has 2 heterocycles. The molecule has 3 unspecified atom stereocenters. The zero-order valence-corrected chi connectivity index (χ0v) is 12.4. The van der Waals surface area contributed by atoms with E-state index in [0.717, 1.165) is 12.8 Å². The van der Waals surface area contributed by atoms with Crippen molar-refractivity contribution in [2.75, 3.05) is 0 Å². The lowest BCUT2D eigenvalue weighted by molar-refractivity contribution is -0.125. The highest BCUT2D eigenvalue weighted by Crippen LogP contribution is 2.27. The van der Waals surface area contributed by atoms with Crippen LogP contribution in [0.5, 0.6) is 0 Å². The van der Waals surface area contributed by atoms with Crippen molar-refractivity contribution < 1.29 is 9.18 Å². The molecule has 0 radical (unpaired) electrons. The maximum atomic E-state index is 13.6. The number of benzene rings is 1. The summed E-state index contributed by atoms with van der Waals surface area (Å²) in [5.41, 5.74) is 0.616. The van der Waals surface area contributed by atoms with Gasteiger partial charge in [-0.1, -0.05) is 25.1 Å². The van der Waals surface area contributed by atoms with E-state index in [0.29, 0.717) is 24.1 Å². The average molecular weight is 290 g/mol. The average Bonchev–Trinajstić information content (AvgIpc) is 2.80. The van der Waals surface area contributed by atoms with Crippen LogP contribution in [0.25, 0.3) is 0 Å². The Bertz CT molecular complexity index is 507. The number of fused-ring (bicyclic) bond motifs is 2. The van der Waals surface area contributed by atoms with E-state index in [-0.39, 0.29) is 23.7 Å². The van der Waals surface area contributed by atoms with Gasteiger partial charge in [-0.25, -0.2) is 4.39 Å². The van der Waals surface area contributed by atoms with E-state index >= 15 is 0 Å². The Morgan fingerprint density at radius 3 is 2.67 bits per heavy atom. The predicted molar refractivity (Wildman–Crippen MR) is 80.4 cm³/mol. The van der Waals surface area contributed by atoms with Crippen LogP contribution in [0.2, 0.25) is 0 Å². The molecule has 3 rings (SSSR count). The number of hydrogen-bond acceptors (Lipinski definition) is 2. The molecule has 21 heavy (non-hydrogen) atoms. The quantitative estimate of drug-likeness (QED) is 0.894. The van der Waals surface area contributed by atoms with Crippen LogP contribution in [0.1, 0.15) is 38.2 Å². The zero-order valence-electron chi connectivity index (χ0n) is 12.4. The van der Waals surface area contributed by atoms with Crippen molar-refractivity contribution in [1.29, 1.82) is 0 Å². The number of rotatable bonds is 4. The van der Waals surface area contributed by atoms with E-state index in [2.05, 4.69) is 10.6 Å². The first kappa shape index (κ1) is 14.5. The Labute approximate surface area is 125 Å². The molecule has 1 aromatic carbocycles. The van der Waals surface area contributed by atoms with Gasteiger partial charge in [-0.15, -0.1) is 0 Å². The van der Waals surface area contributed by atoms with Gasteiger partial charge in [0.05, 0.1) is 0 Å². The largest absolute Gasteiger partial charge is 0.353 e. The normalized spacial score (nSPS) is 29.1. The summed E-state index contributed by atoms with van der Waals surface area (Å²) in [5, 5.41) is 6.73. The fraction of sp³-hybridized carbons (Fsp3) is 0.588. The minimum absolute atomic E-state index is 0.0459. The van der Waals surface area contributed by atoms with Crippen molar-refractivity contribution in [1.82, 2.24) is 10.6 Å². The molecule has 2 fully saturated rings. The number of amides is 1. The lowest BCUT2D eigenvalue weighted by Gasteiger charge is -2.30. The van der Waals surface area contributed by atoms with Crippen LogP contribution in [0.15, 0.2) is 24.3 Å². The van der Waals surface area contributed by atoms with Crippen LogP contribution in [-0.4, -0.2) is 24.0 Å². The van der Waals surface area contributed by atoms with E-state index in [1.165, 1.54) is 18.9 Å². The second-order valence-electron chi connectivity index (χ2n) is 6.51. The van der Waals surface area contributed by atoms with Gasteiger partial charge in [-0.05, 0) is 43.7 Å². The maximum Gasteiger partial charge on any atom is 0.223 e. The number of carbonyl (C=O) groups is 1. The van der Waals surface area contributed by atoms with Gasteiger partial charge in [0.1, 0.15) is 5.82 Å². The Balaban J connectivity index is 1.54. The van der Waals surface area contributed by atoms with Crippen molar-refractivity contribution in [3.8, 4) is 0 Å². The molecular weight excluding hydrogens is 267 g/mol. The van der Waals surface area contributed by atoms with Gasteiger partial charge < -0.3 is 10.6 Å². The molecule has 4 heteroatoms. The first-order valence-corrected chi connectivity index (χ1v) is 7.91. The van der Waals surface area contributed by atoms with E-state index in [9.17, 15) is 9.18 Å². The third kappa shape index (κ3) is 3.43. The first-order valence-electron chi connectivity index (χ1n) is 7.91. The highest BCUT2D eigenvalue weighted by molar-refractivity contribution is 5.78. The second-order valence-corrected chi connectivity index (χ2v) is 6.51. The molecule has 3 atom stereocenters.